The minimum Gasteiger partial charge on any atom is -0.465 e. The number of nitrogens with two attached hydrogens (primary N) is 1. The van der Waals surface area contributed by atoms with Gasteiger partial charge in [-0.3, -0.25) is 14.2 Å². The monoisotopic (exact) mass is 384 g/mol. The Morgan fingerprint density at radius 2 is 1.61 bits per heavy atom. The van der Waals surface area contributed by atoms with Crippen molar-refractivity contribution in [1.29, 1.82) is 0 Å². The summed E-state index contributed by atoms with van der Waals surface area (Å²) in [5, 5.41) is 0. The second kappa shape index (κ2) is 7.43. The summed E-state index contributed by atoms with van der Waals surface area (Å²) in [6.07, 6.45) is 0. The number of rotatable bonds is 4. The first-order valence-corrected chi connectivity index (χ1v) is 8.03. The molecule has 0 saturated heterocycles. The molecule has 3 rings (SSSR count). The second-order valence-corrected chi connectivity index (χ2v) is 5.80. The number of hydrogen-bond acceptors (Lipinski definition) is 5. The maximum atomic E-state index is 14.4. The Hall–Kier alpha value is -3.81. The van der Waals surface area contributed by atoms with E-state index >= 15 is 0 Å². The van der Waals surface area contributed by atoms with E-state index in [1.807, 2.05) is 0 Å². The predicted molar refractivity (Wildman–Crippen MR) is 97.6 cm³/mol. The molecule has 0 bridgehead atoms. The summed E-state index contributed by atoms with van der Waals surface area (Å²) in [6, 6.07) is 10.3. The van der Waals surface area contributed by atoms with Crippen molar-refractivity contribution in [3.63, 3.8) is 0 Å². The van der Waals surface area contributed by atoms with E-state index in [0.29, 0.717) is 0 Å². The zero-order valence-electron chi connectivity index (χ0n) is 14.6. The molecule has 1 heterocycles. The standard InChI is InChI=1S/C20H14F2N2O4/c1-28-20(27)12-4-8-15(22)16(10-12)24-17(25)9-7-14(19(24)23)18(26)11-2-5-13(21)6-3-11/h2-10H,23H2,1H3. The number of pyridine rings is 1. The number of methoxy groups -OCH3 is 1. The Balaban J connectivity index is 2.17. The molecule has 0 spiro atoms. The van der Waals surface area contributed by atoms with Crippen LogP contribution in [0.4, 0.5) is 14.6 Å². The second-order valence-electron chi connectivity index (χ2n) is 5.80. The van der Waals surface area contributed by atoms with E-state index in [0.717, 1.165) is 42.0 Å². The van der Waals surface area contributed by atoms with Crippen LogP contribution in [0.15, 0.2) is 59.4 Å². The number of anilines is 1. The Morgan fingerprint density at radius 3 is 2.25 bits per heavy atom. The SMILES string of the molecule is COC(=O)c1ccc(F)c(-n2c(N)c(C(=O)c3ccc(F)cc3)ccc2=O)c1. The van der Waals surface area contributed by atoms with Gasteiger partial charge in [0.1, 0.15) is 17.5 Å². The van der Waals surface area contributed by atoms with Crippen LogP contribution in [-0.2, 0) is 4.74 Å². The van der Waals surface area contributed by atoms with E-state index in [4.69, 9.17) is 5.73 Å². The number of benzene rings is 2. The summed E-state index contributed by atoms with van der Waals surface area (Å²) < 4.78 is 32.9. The van der Waals surface area contributed by atoms with Crippen molar-refractivity contribution in [2.45, 2.75) is 0 Å². The Morgan fingerprint density at radius 1 is 0.964 bits per heavy atom. The fraction of sp³-hybridized carbons (Fsp3) is 0.0500. The molecule has 0 saturated carbocycles. The van der Waals surface area contributed by atoms with Crippen LogP contribution in [0, 0.1) is 11.6 Å². The average Bonchev–Trinajstić information content (AvgIpc) is 2.69. The van der Waals surface area contributed by atoms with E-state index in [9.17, 15) is 23.2 Å². The van der Waals surface area contributed by atoms with Gasteiger partial charge in [-0.25, -0.2) is 13.6 Å². The molecular weight excluding hydrogens is 370 g/mol. The topological polar surface area (TPSA) is 91.4 Å². The molecule has 2 aromatic carbocycles. The van der Waals surface area contributed by atoms with Gasteiger partial charge in [0.2, 0.25) is 0 Å². The molecule has 0 fully saturated rings. The van der Waals surface area contributed by atoms with Crippen molar-refractivity contribution < 1.29 is 23.1 Å². The molecule has 3 aromatic rings. The molecule has 8 heteroatoms. The van der Waals surface area contributed by atoms with Crippen molar-refractivity contribution in [3.8, 4) is 5.69 Å². The molecule has 0 amide bonds. The number of nitrogen functional groups attached to an aromatic ring is 1. The summed E-state index contributed by atoms with van der Waals surface area (Å²) in [6.45, 7) is 0. The number of halogens is 2. The van der Waals surface area contributed by atoms with Crippen molar-refractivity contribution in [2.75, 3.05) is 12.8 Å². The number of ether oxygens (including phenoxy) is 1. The third-order valence-corrected chi connectivity index (χ3v) is 4.09. The summed E-state index contributed by atoms with van der Waals surface area (Å²) in [5.41, 5.74) is 5.06. The number of nitrogens with zero attached hydrogens (tertiary/aromatic N) is 1. The first-order chi connectivity index (χ1) is 13.3. The lowest BCUT2D eigenvalue weighted by molar-refractivity contribution is 0.0600. The summed E-state index contributed by atoms with van der Waals surface area (Å²) >= 11 is 0. The highest BCUT2D eigenvalue weighted by molar-refractivity contribution is 6.11. The van der Waals surface area contributed by atoms with Gasteiger partial charge < -0.3 is 10.5 Å². The zero-order chi connectivity index (χ0) is 20.4. The zero-order valence-corrected chi connectivity index (χ0v) is 14.6. The number of ketones is 1. The first kappa shape index (κ1) is 19.0. The van der Waals surface area contributed by atoms with E-state index in [2.05, 4.69) is 4.74 Å². The van der Waals surface area contributed by atoms with Crippen LogP contribution in [-0.4, -0.2) is 23.4 Å². The van der Waals surface area contributed by atoms with Gasteiger partial charge >= 0.3 is 5.97 Å². The molecular formula is C20H14F2N2O4. The van der Waals surface area contributed by atoms with E-state index < -0.39 is 28.9 Å². The summed E-state index contributed by atoms with van der Waals surface area (Å²) in [5.74, 6) is -2.96. The summed E-state index contributed by atoms with van der Waals surface area (Å²) in [4.78, 5) is 36.8. The minimum absolute atomic E-state index is 0.000430. The maximum Gasteiger partial charge on any atom is 0.337 e. The molecule has 1 aromatic heterocycles. The number of carbonyl (C=O) groups is 2. The lowest BCUT2D eigenvalue weighted by Gasteiger charge is -2.14. The quantitative estimate of drug-likeness (QED) is 0.552. The van der Waals surface area contributed by atoms with Gasteiger partial charge in [0.05, 0.1) is 23.9 Å². The molecule has 0 atom stereocenters. The van der Waals surface area contributed by atoms with Gasteiger partial charge in [-0.2, -0.15) is 0 Å². The van der Waals surface area contributed by atoms with Crippen LogP contribution in [0.1, 0.15) is 26.3 Å². The molecule has 0 radical (unpaired) electrons. The Kier molecular flexibility index (Phi) is 5.04. The van der Waals surface area contributed by atoms with Crippen LogP contribution in [0.3, 0.4) is 0 Å². The van der Waals surface area contributed by atoms with Crippen LogP contribution in [0.2, 0.25) is 0 Å². The highest BCUT2D eigenvalue weighted by Gasteiger charge is 2.20. The van der Waals surface area contributed by atoms with Crippen LogP contribution >= 0.6 is 0 Å². The minimum atomic E-state index is -0.826. The molecule has 6 nitrogen and oxygen atoms in total. The molecule has 0 aliphatic rings. The predicted octanol–water partition coefficient (Wildman–Crippen LogP) is 2.72. The number of carbonyl (C=O) groups excluding carboxylic acids is 2. The normalized spacial score (nSPS) is 10.5. The van der Waals surface area contributed by atoms with Gasteiger partial charge in [-0.1, -0.05) is 0 Å². The summed E-state index contributed by atoms with van der Waals surface area (Å²) in [7, 11) is 1.16. The lowest BCUT2D eigenvalue weighted by atomic mass is 10.0. The molecule has 0 unspecified atom stereocenters. The number of esters is 1. The third-order valence-electron chi connectivity index (χ3n) is 4.09. The number of aromatic nitrogens is 1. The van der Waals surface area contributed by atoms with Crippen molar-refractivity contribution in [1.82, 2.24) is 4.57 Å². The molecule has 0 aliphatic heterocycles. The van der Waals surface area contributed by atoms with Crippen LogP contribution < -0.4 is 11.3 Å². The van der Waals surface area contributed by atoms with Crippen molar-refractivity contribution >= 4 is 17.6 Å². The highest BCUT2D eigenvalue weighted by atomic mass is 19.1. The van der Waals surface area contributed by atoms with Crippen LogP contribution in [0.25, 0.3) is 5.69 Å². The largest absolute Gasteiger partial charge is 0.465 e. The average molecular weight is 384 g/mol. The maximum absolute atomic E-state index is 14.4. The van der Waals surface area contributed by atoms with Gasteiger partial charge in [-0.15, -0.1) is 0 Å². The van der Waals surface area contributed by atoms with E-state index in [-0.39, 0.29) is 28.2 Å². The fourth-order valence-corrected chi connectivity index (χ4v) is 2.68. The van der Waals surface area contributed by atoms with Crippen molar-refractivity contribution in [2.24, 2.45) is 0 Å². The van der Waals surface area contributed by atoms with Gasteiger partial charge in [0.15, 0.2) is 5.78 Å². The Bertz CT molecular complexity index is 1140. The van der Waals surface area contributed by atoms with Gasteiger partial charge in [0, 0.05) is 11.6 Å². The van der Waals surface area contributed by atoms with Gasteiger partial charge in [0.25, 0.3) is 5.56 Å². The van der Waals surface area contributed by atoms with Gasteiger partial charge in [-0.05, 0) is 48.5 Å². The first-order valence-electron chi connectivity index (χ1n) is 8.03. The fourth-order valence-electron chi connectivity index (χ4n) is 2.68. The number of hydrogen-bond donors (Lipinski definition) is 1. The third kappa shape index (κ3) is 3.39. The van der Waals surface area contributed by atoms with Crippen LogP contribution in [0.5, 0.6) is 0 Å². The van der Waals surface area contributed by atoms with E-state index in [1.54, 1.807) is 0 Å². The molecule has 28 heavy (non-hydrogen) atoms. The van der Waals surface area contributed by atoms with Crippen molar-refractivity contribution in [3.05, 3.63) is 93.3 Å². The molecule has 2 N–H and O–H groups in total. The highest BCUT2D eigenvalue weighted by Crippen LogP contribution is 2.22. The smallest absolute Gasteiger partial charge is 0.337 e. The molecule has 0 aliphatic carbocycles. The van der Waals surface area contributed by atoms with E-state index in [1.165, 1.54) is 24.3 Å². The molecule has 142 valence electrons. The Labute approximate surface area is 157 Å². The lowest BCUT2D eigenvalue weighted by Crippen LogP contribution is -2.24.